The average Bonchev–Trinajstić information content (AvgIpc) is 3.09. The lowest BCUT2D eigenvalue weighted by molar-refractivity contribution is -0.158. The Bertz CT molecular complexity index is 538. The van der Waals surface area contributed by atoms with E-state index < -0.39 is 18.0 Å². The molecule has 6 nitrogen and oxygen atoms in total. The van der Waals surface area contributed by atoms with E-state index in [4.69, 9.17) is 9.47 Å². The standard InChI is InChI=1S/C15H19NO5S/c1-3-6-21-15(19)11-12(9-5-4-7-20-9)22-14-10(8(2)17)13(18)16(11)14/h3,8-10,14,17H,1,4-7H2,2H3/t8-,9-,10-,14+/m1/s1. The van der Waals surface area contributed by atoms with Crippen LogP contribution in [0, 0.1) is 5.92 Å². The summed E-state index contributed by atoms with van der Waals surface area (Å²) in [5, 5.41) is 9.53. The number of ether oxygens (including phenoxy) is 2. The zero-order valence-electron chi connectivity index (χ0n) is 12.4. The van der Waals surface area contributed by atoms with Crippen molar-refractivity contribution in [2.24, 2.45) is 5.92 Å². The van der Waals surface area contributed by atoms with Gasteiger partial charge < -0.3 is 14.6 Å². The molecule has 2 fully saturated rings. The van der Waals surface area contributed by atoms with Gasteiger partial charge in [-0.3, -0.25) is 9.69 Å². The van der Waals surface area contributed by atoms with Gasteiger partial charge in [-0.2, -0.15) is 0 Å². The van der Waals surface area contributed by atoms with Gasteiger partial charge in [-0.05, 0) is 19.8 Å². The molecule has 22 heavy (non-hydrogen) atoms. The highest BCUT2D eigenvalue weighted by Gasteiger charge is 2.58. The van der Waals surface area contributed by atoms with E-state index in [-0.39, 0.29) is 29.7 Å². The molecule has 0 aliphatic carbocycles. The Kier molecular flexibility index (Phi) is 4.29. The zero-order chi connectivity index (χ0) is 15.9. The number of amides is 1. The highest BCUT2D eigenvalue weighted by atomic mass is 32.2. The van der Waals surface area contributed by atoms with Crippen LogP contribution in [0.4, 0.5) is 0 Å². The minimum absolute atomic E-state index is 0.0956. The molecule has 0 aromatic rings. The second-order valence-electron chi connectivity index (χ2n) is 5.58. The van der Waals surface area contributed by atoms with Crippen molar-refractivity contribution >= 4 is 23.6 Å². The summed E-state index contributed by atoms with van der Waals surface area (Å²) in [5.74, 6) is -1.24. The molecule has 1 N–H and O–H groups in total. The Morgan fingerprint density at radius 2 is 2.45 bits per heavy atom. The van der Waals surface area contributed by atoms with Gasteiger partial charge in [0.15, 0.2) is 0 Å². The number of β-lactam (4-membered cyclic amide) rings is 1. The molecule has 3 rings (SSSR count). The third kappa shape index (κ3) is 2.37. The van der Waals surface area contributed by atoms with Crippen molar-refractivity contribution < 1.29 is 24.2 Å². The lowest BCUT2D eigenvalue weighted by Gasteiger charge is -2.43. The molecule has 0 aromatic carbocycles. The number of carbonyl (C=O) groups excluding carboxylic acids is 2. The van der Waals surface area contributed by atoms with E-state index in [1.54, 1.807) is 6.92 Å². The van der Waals surface area contributed by atoms with Crippen LogP contribution in [-0.2, 0) is 19.1 Å². The number of rotatable bonds is 5. The van der Waals surface area contributed by atoms with Gasteiger partial charge in [-0.15, -0.1) is 0 Å². The molecule has 4 atom stereocenters. The van der Waals surface area contributed by atoms with E-state index in [0.717, 1.165) is 17.7 Å². The zero-order valence-corrected chi connectivity index (χ0v) is 13.2. The highest BCUT2D eigenvalue weighted by Crippen LogP contribution is 2.52. The van der Waals surface area contributed by atoms with E-state index in [9.17, 15) is 14.7 Å². The summed E-state index contributed by atoms with van der Waals surface area (Å²) in [4.78, 5) is 26.8. The first kappa shape index (κ1) is 15.6. The quantitative estimate of drug-likeness (QED) is 0.462. The molecule has 0 radical (unpaired) electrons. The van der Waals surface area contributed by atoms with Crippen LogP contribution in [-0.4, -0.2) is 52.7 Å². The summed E-state index contributed by atoms with van der Waals surface area (Å²) >= 11 is 1.44. The van der Waals surface area contributed by atoms with Crippen molar-refractivity contribution in [3.63, 3.8) is 0 Å². The van der Waals surface area contributed by atoms with Gasteiger partial charge in [-0.25, -0.2) is 4.79 Å². The van der Waals surface area contributed by atoms with Crippen molar-refractivity contribution in [1.29, 1.82) is 0 Å². The molecule has 0 saturated carbocycles. The predicted octanol–water partition coefficient (Wildman–Crippen LogP) is 1.02. The maximum absolute atomic E-state index is 12.3. The fourth-order valence-corrected chi connectivity index (χ4v) is 4.71. The molecule has 3 aliphatic rings. The molecule has 0 unspecified atom stereocenters. The fourth-order valence-electron chi connectivity index (χ4n) is 3.01. The molecule has 0 aromatic heterocycles. The Morgan fingerprint density at radius 1 is 1.68 bits per heavy atom. The lowest BCUT2D eigenvalue weighted by Crippen LogP contribution is -2.60. The summed E-state index contributed by atoms with van der Waals surface area (Å²) in [6, 6.07) is 0. The van der Waals surface area contributed by atoms with Crippen molar-refractivity contribution in [2.45, 2.75) is 37.3 Å². The third-order valence-corrected chi connectivity index (χ3v) is 5.53. The number of thioether (sulfide) groups is 1. The number of esters is 1. The minimum Gasteiger partial charge on any atom is -0.457 e. The molecule has 2 saturated heterocycles. The number of aliphatic hydroxyl groups excluding tert-OH is 1. The summed E-state index contributed by atoms with van der Waals surface area (Å²) < 4.78 is 10.8. The topological polar surface area (TPSA) is 76.1 Å². The van der Waals surface area contributed by atoms with Gasteiger partial charge in [0, 0.05) is 11.5 Å². The SMILES string of the molecule is C=CCOC(=O)C1=C([C@H]2CCCO2)S[C@H]2[C@H]([C@@H](C)O)C(=O)N12. The molecule has 1 amide bonds. The molecule has 0 bridgehead atoms. The average molecular weight is 325 g/mol. The number of hydrogen-bond acceptors (Lipinski definition) is 6. The van der Waals surface area contributed by atoms with Crippen LogP contribution < -0.4 is 0 Å². The van der Waals surface area contributed by atoms with Crippen LogP contribution in [0.2, 0.25) is 0 Å². The van der Waals surface area contributed by atoms with Crippen LogP contribution in [0.15, 0.2) is 23.3 Å². The summed E-state index contributed by atoms with van der Waals surface area (Å²) in [6.07, 6.45) is 2.34. The molecule has 7 heteroatoms. The normalized spacial score (nSPS) is 31.8. The third-order valence-electron chi connectivity index (χ3n) is 4.07. The maximum atomic E-state index is 12.3. The first-order chi connectivity index (χ1) is 10.6. The van der Waals surface area contributed by atoms with Crippen LogP contribution >= 0.6 is 11.8 Å². The smallest absolute Gasteiger partial charge is 0.356 e. The van der Waals surface area contributed by atoms with E-state index >= 15 is 0 Å². The van der Waals surface area contributed by atoms with Crippen LogP contribution in [0.3, 0.4) is 0 Å². The first-order valence-corrected chi connectivity index (χ1v) is 8.25. The van der Waals surface area contributed by atoms with Gasteiger partial charge in [0.25, 0.3) is 0 Å². The van der Waals surface area contributed by atoms with Gasteiger partial charge in [0.05, 0.1) is 18.1 Å². The molecular formula is C15H19NO5S. The van der Waals surface area contributed by atoms with Gasteiger partial charge >= 0.3 is 5.97 Å². The van der Waals surface area contributed by atoms with Gasteiger partial charge in [-0.1, -0.05) is 24.4 Å². The molecule has 0 spiro atoms. The van der Waals surface area contributed by atoms with E-state index in [0.29, 0.717) is 6.61 Å². The Labute approximate surface area is 133 Å². The van der Waals surface area contributed by atoms with Crippen LogP contribution in [0.1, 0.15) is 19.8 Å². The lowest BCUT2D eigenvalue weighted by atomic mass is 9.92. The van der Waals surface area contributed by atoms with Gasteiger partial charge in [0.1, 0.15) is 17.7 Å². The van der Waals surface area contributed by atoms with Crippen molar-refractivity contribution in [1.82, 2.24) is 4.90 Å². The Hall–Kier alpha value is -1.31. The number of hydrogen-bond donors (Lipinski definition) is 1. The van der Waals surface area contributed by atoms with Gasteiger partial charge in [0.2, 0.25) is 5.91 Å². The summed E-state index contributed by atoms with van der Waals surface area (Å²) in [6.45, 7) is 5.87. The monoisotopic (exact) mass is 325 g/mol. The fraction of sp³-hybridized carbons (Fsp3) is 0.600. The van der Waals surface area contributed by atoms with E-state index in [2.05, 4.69) is 6.58 Å². The minimum atomic E-state index is -0.740. The van der Waals surface area contributed by atoms with Crippen molar-refractivity contribution in [2.75, 3.05) is 13.2 Å². The number of nitrogens with zero attached hydrogens (tertiary/aromatic N) is 1. The molecular weight excluding hydrogens is 306 g/mol. The number of carbonyl (C=O) groups is 2. The number of fused-ring (bicyclic) bond motifs is 1. The predicted molar refractivity (Wildman–Crippen MR) is 80.6 cm³/mol. The van der Waals surface area contributed by atoms with E-state index in [1.807, 2.05) is 0 Å². The Balaban J connectivity index is 1.88. The molecule has 120 valence electrons. The summed E-state index contributed by atoms with van der Waals surface area (Å²) in [7, 11) is 0. The number of aliphatic hydroxyl groups is 1. The van der Waals surface area contributed by atoms with Crippen molar-refractivity contribution in [3.05, 3.63) is 23.3 Å². The van der Waals surface area contributed by atoms with Crippen LogP contribution in [0.25, 0.3) is 0 Å². The highest BCUT2D eigenvalue weighted by molar-refractivity contribution is 8.04. The Morgan fingerprint density at radius 3 is 3.05 bits per heavy atom. The van der Waals surface area contributed by atoms with Crippen LogP contribution in [0.5, 0.6) is 0 Å². The second kappa shape index (κ2) is 6.06. The second-order valence-corrected chi connectivity index (χ2v) is 6.74. The molecule has 3 heterocycles. The largest absolute Gasteiger partial charge is 0.457 e. The first-order valence-electron chi connectivity index (χ1n) is 7.37. The van der Waals surface area contributed by atoms with E-state index in [1.165, 1.54) is 22.7 Å². The summed E-state index contributed by atoms with van der Waals surface area (Å²) in [5.41, 5.74) is 0.283. The maximum Gasteiger partial charge on any atom is 0.356 e. The molecule has 3 aliphatic heterocycles. The van der Waals surface area contributed by atoms with Crippen molar-refractivity contribution in [3.8, 4) is 0 Å².